The van der Waals surface area contributed by atoms with E-state index in [0.717, 1.165) is 0 Å². The lowest BCUT2D eigenvalue weighted by molar-refractivity contribution is -0.274. The van der Waals surface area contributed by atoms with Crippen molar-refractivity contribution >= 4 is 11.6 Å². The summed E-state index contributed by atoms with van der Waals surface area (Å²) in [7, 11) is 0. The summed E-state index contributed by atoms with van der Waals surface area (Å²) < 4.78 is 40.3. The van der Waals surface area contributed by atoms with Crippen molar-refractivity contribution in [3.05, 3.63) is 41.3 Å². The van der Waals surface area contributed by atoms with Crippen LogP contribution in [0.3, 0.4) is 0 Å². The molecule has 1 heterocycles. The van der Waals surface area contributed by atoms with Crippen molar-refractivity contribution in [3.8, 4) is 17.0 Å². The fraction of sp³-hybridized carbons (Fsp3) is 0.167. The highest BCUT2D eigenvalue weighted by Gasteiger charge is 2.31. The molecule has 1 aromatic carbocycles. The molecule has 0 fully saturated rings. The van der Waals surface area contributed by atoms with Crippen molar-refractivity contribution < 1.29 is 17.9 Å². The van der Waals surface area contributed by atoms with Gasteiger partial charge in [0.25, 0.3) is 0 Å². The molecule has 2 aromatic rings. The van der Waals surface area contributed by atoms with Crippen molar-refractivity contribution in [2.24, 2.45) is 0 Å². The second kappa shape index (κ2) is 5.05. The van der Waals surface area contributed by atoms with Gasteiger partial charge in [-0.1, -0.05) is 11.6 Å². The monoisotopic (exact) mass is 288 g/mol. The SMILES string of the molecule is Cc1cc(-c2cnc(Cl)cn2)ccc1OC(F)(F)F. The van der Waals surface area contributed by atoms with Gasteiger partial charge in [0, 0.05) is 5.56 Å². The molecule has 0 radical (unpaired) electrons. The summed E-state index contributed by atoms with van der Waals surface area (Å²) in [4.78, 5) is 7.90. The molecule has 2 rings (SSSR count). The van der Waals surface area contributed by atoms with Gasteiger partial charge in [0.05, 0.1) is 18.1 Å². The smallest absolute Gasteiger partial charge is 0.406 e. The summed E-state index contributed by atoms with van der Waals surface area (Å²) >= 11 is 5.61. The van der Waals surface area contributed by atoms with Crippen molar-refractivity contribution in [1.82, 2.24) is 9.97 Å². The molecule has 0 saturated carbocycles. The molecule has 0 aliphatic carbocycles. The summed E-state index contributed by atoms with van der Waals surface area (Å²) in [6.07, 6.45) is -1.89. The second-order valence-corrected chi connectivity index (χ2v) is 4.14. The van der Waals surface area contributed by atoms with Crippen LogP contribution in [0.1, 0.15) is 5.56 Å². The van der Waals surface area contributed by atoms with E-state index in [-0.39, 0.29) is 10.9 Å². The Morgan fingerprint density at radius 1 is 1.16 bits per heavy atom. The van der Waals surface area contributed by atoms with Gasteiger partial charge >= 0.3 is 6.36 Å². The Hall–Kier alpha value is -1.82. The number of hydrogen-bond acceptors (Lipinski definition) is 3. The summed E-state index contributed by atoms with van der Waals surface area (Å²) in [5, 5.41) is 0.248. The first-order valence-corrected chi connectivity index (χ1v) is 5.57. The zero-order valence-corrected chi connectivity index (χ0v) is 10.5. The van der Waals surface area contributed by atoms with Gasteiger partial charge in [-0.15, -0.1) is 13.2 Å². The van der Waals surface area contributed by atoms with E-state index in [1.165, 1.54) is 31.5 Å². The lowest BCUT2D eigenvalue weighted by Crippen LogP contribution is -2.17. The van der Waals surface area contributed by atoms with Crippen LogP contribution in [0, 0.1) is 6.92 Å². The number of aryl methyl sites for hydroxylation is 1. The quantitative estimate of drug-likeness (QED) is 0.837. The fourth-order valence-corrected chi connectivity index (χ4v) is 1.61. The fourth-order valence-electron chi connectivity index (χ4n) is 1.51. The van der Waals surface area contributed by atoms with E-state index in [1.807, 2.05) is 0 Å². The Kier molecular flexibility index (Phi) is 3.61. The van der Waals surface area contributed by atoms with Crippen molar-refractivity contribution in [1.29, 1.82) is 0 Å². The molecule has 0 atom stereocenters. The predicted octanol–water partition coefficient (Wildman–Crippen LogP) is 4.00. The van der Waals surface area contributed by atoms with Crippen LogP contribution in [-0.2, 0) is 0 Å². The highest BCUT2D eigenvalue weighted by molar-refractivity contribution is 6.29. The second-order valence-electron chi connectivity index (χ2n) is 3.75. The topological polar surface area (TPSA) is 35.0 Å². The summed E-state index contributed by atoms with van der Waals surface area (Å²) in [5.74, 6) is -0.238. The van der Waals surface area contributed by atoms with Crippen LogP contribution in [0.4, 0.5) is 13.2 Å². The van der Waals surface area contributed by atoms with Gasteiger partial charge in [0.15, 0.2) is 0 Å². The molecule has 0 saturated heterocycles. The van der Waals surface area contributed by atoms with Crippen molar-refractivity contribution in [2.75, 3.05) is 0 Å². The van der Waals surface area contributed by atoms with Crippen molar-refractivity contribution in [3.63, 3.8) is 0 Å². The van der Waals surface area contributed by atoms with E-state index in [1.54, 1.807) is 6.07 Å². The molecule has 1 aromatic heterocycles. The Labute approximate surface area is 112 Å². The Bertz CT molecular complexity index is 585. The molecular weight excluding hydrogens is 281 g/mol. The van der Waals surface area contributed by atoms with Gasteiger partial charge in [0.2, 0.25) is 0 Å². The zero-order valence-electron chi connectivity index (χ0n) is 9.70. The number of benzene rings is 1. The maximum atomic E-state index is 12.1. The molecule has 0 aliphatic heterocycles. The number of hydrogen-bond donors (Lipinski definition) is 0. The average Bonchev–Trinajstić information content (AvgIpc) is 2.31. The molecule has 0 aliphatic rings. The molecular formula is C12H8ClF3N2O. The van der Waals surface area contributed by atoms with E-state index in [2.05, 4.69) is 14.7 Å². The maximum Gasteiger partial charge on any atom is 0.573 e. The van der Waals surface area contributed by atoms with E-state index in [0.29, 0.717) is 16.8 Å². The van der Waals surface area contributed by atoms with E-state index >= 15 is 0 Å². The van der Waals surface area contributed by atoms with Crippen LogP contribution < -0.4 is 4.74 Å². The Morgan fingerprint density at radius 2 is 1.89 bits per heavy atom. The molecule has 7 heteroatoms. The minimum Gasteiger partial charge on any atom is -0.406 e. The number of alkyl halides is 3. The van der Waals surface area contributed by atoms with Gasteiger partial charge in [0.1, 0.15) is 10.9 Å². The number of rotatable bonds is 2. The van der Waals surface area contributed by atoms with Crippen LogP contribution in [0.15, 0.2) is 30.6 Å². The van der Waals surface area contributed by atoms with Gasteiger partial charge < -0.3 is 4.74 Å². The average molecular weight is 289 g/mol. The first kappa shape index (κ1) is 13.6. The normalized spacial score (nSPS) is 11.4. The first-order valence-electron chi connectivity index (χ1n) is 5.19. The van der Waals surface area contributed by atoms with Crippen LogP contribution in [0.2, 0.25) is 5.15 Å². The van der Waals surface area contributed by atoms with Gasteiger partial charge in [-0.25, -0.2) is 4.98 Å². The predicted molar refractivity (Wildman–Crippen MR) is 63.9 cm³/mol. The number of nitrogens with zero attached hydrogens (tertiary/aromatic N) is 2. The molecule has 0 bridgehead atoms. The zero-order chi connectivity index (χ0) is 14.0. The minimum atomic E-state index is -4.70. The lowest BCUT2D eigenvalue weighted by atomic mass is 10.1. The maximum absolute atomic E-state index is 12.1. The van der Waals surface area contributed by atoms with Crippen molar-refractivity contribution in [2.45, 2.75) is 13.3 Å². The molecule has 0 spiro atoms. The third-order valence-electron chi connectivity index (χ3n) is 2.32. The number of ether oxygens (including phenoxy) is 1. The highest BCUT2D eigenvalue weighted by Crippen LogP contribution is 2.29. The molecule has 0 amide bonds. The van der Waals surface area contributed by atoms with Gasteiger partial charge in [-0.05, 0) is 30.7 Å². The third-order valence-corrected chi connectivity index (χ3v) is 2.51. The summed E-state index contributed by atoms with van der Waals surface area (Å²) in [6.45, 7) is 1.52. The Morgan fingerprint density at radius 3 is 2.42 bits per heavy atom. The number of aromatic nitrogens is 2. The molecule has 100 valence electrons. The van der Waals surface area contributed by atoms with Crippen LogP contribution >= 0.6 is 11.6 Å². The summed E-state index contributed by atoms with van der Waals surface area (Å²) in [5.41, 5.74) is 1.51. The van der Waals surface area contributed by atoms with Crippen LogP contribution in [0.25, 0.3) is 11.3 Å². The third kappa shape index (κ3) is 3.57. The minimum absolute atomic E-state index is 0.238. The van der Waals surface area contributed by atoms with Crippen LogP contribution in [0.5, 0.6) is 5.75 Å². The van der Waals surface area contributed by atoms with E-state index in [9.17, 15) is 13.2 Å². The van der Waals surface area contributed by atoms with E-state index < -0.39 is 6.36 Å². The first-order chi connectivity index (χ1) is 8.85. The largest absolute Gasteiger partial charge is 0.573 e. The molecule has 3 nitrogen and oxygen atoms in total. The molecule has 19 heavy (non-hydrogen) atoms. The lowest BCUT2D eigenvalue weighted by Gasteiger charge is -2.12. The van der Waals surface area contributed by atoms with E-state index in [4.69, 9.17) is 11.6 Å². The molecule has 0 N–H and O–H groups in total. The van der Waals surface area contributed by atoms with Gasteiger partial charge in [-0.2, -0.15) is 0 Å². The standard InChI is InChI=1S/C12H8ClF3N2O/c1-7-4-8(9-5-18-11(13)6-17-9)2-3-10(7)19-12(14,15)16/h2-6H,1H3. The highest BCUT2D eigenvalue weighted by atomic mass is 35.5. The van der Waals surface area contributed by atoms with Crippen LogP contribution in [-0.4, -0.2) is 16.3 Å². The Balaban J connectivity index is 2.31. The number of halogens is 4. The van der Waals surface area contributed by atoms with Gasteiger partial charge in [-0.3, -0.25) is 4.98 Å². The summed E-state index contributed by atoms with van der Waals surface area (Å²) in [6, 6.07) is 4.26. The molecule has 0 unspecified atom stereocenters.